The van der Waals surface area contributed by atoms with Gasteiger partial charge in [-0.05, 0) is 18.3 Å². The fourth-order valence-corrected chi connectivity index (χ4v) is 2.33. The van der Waals surface area contributed by atoms with Crippen LogP contribution in [0.4, 0.5) is 0 Å². The van der Waals surface area contributed by atoms with Gasteiger partial charge >= 0.3 is 0 Å². The zero-order chi connectivity index (χ0) is 10.2. The van der Waals surface area contributed by atoms with Crippen molar-refractivity contribution >= 4 is 5.96 Å². The maximum Gasteiger partial charge on any atom is 0.196 e. The Morgan fingerprint density at radius 2 is 2.07 bits per heavy atom. The molecule has 2 rings (SSSR count). The van der Waals surface area contributed by atoms with Gasteiger partial charge in [-0.2, -0.15) is 0 Å². The maximum absolute atomic E-state index is 4.63. The lowest BCUT2D eigenvalue weighted by molar-refractivity contribution is 0.330. The summed E-state index contributed by atoms with van der Waals surface area (Å²) in [5, 5.41) is 0. The van der Waals surface area contributed by atoms with Crippen LogP contribution in [0.25, 0.3) is 0 Å². The molecule has 0 radical (unpaired) electrons. The second kappa shape index (κ2) is 3.44. The molecule has 3 heteroatoms. The molecule has 2 aliphatic rings. The Kier molecular flexibility index (Phi) is 2.41. The van der Waals surface area contributed by atoms with Gasteiger partial charge in [-0.25, -0.2) is 0 Å². The van der Waals surface area contributed by atoms with E-state index >= 15 is 0 Å². The third-order valence-electron chi connectivity index (χ3n) is 3.21. The molecule has 0 aromatic heterocycles. The smallest absolute Gasteiger partial charge is 0.196 e. The van der Waals surface area contributed by atoms with Crippen molar-refractivity contribution in [3.05, 3.63) is 0 Å². The van der Waals surface area contributed by atoms with Crippen molar-refractivity contribution in [1.29, 1.82) is 0 Å². The zero-order valence-electron chi connectivity index (χ0n) is 9.58. The second-order valence-corrected chi connectivity index (χ2v) is 5.29. The highest BCUT2D eigenvalue weighted by Gasteiger charge is 2.32. The third-order valence-corrected chi connectivity index (χ3v) is 3.21. The average molecular weight is 195 g/mol. The van der Waals surface area contributed by atoms with E-state index in [1.54, 1.807) is 0 Å². The molecule has 0 bridgehead atoms. The quantitative estimate of drug-likeness (QED) is 0.582. The number of hydrogen-bond donors (Lipinski definition) is 0. The number of rotatable bonds is 0. The molecule has 0 unspecified atom stereocenters. The molecule has 0 aliphatic carbocycles. The van der Waals surface area contributed by atoms with E-state index < -0.39 is 0 Å². The van der Waals surface area contributed by atoms with Crippen LogP contribution in [0.1, 0.15) is 26.7 Å². The average Bonchev–Trinajstić information content (AvgIpc) is 2.47. The van der Waals surface area contributed by atoms with Crippen molar-refractivity contribution in [2.24, 2.45) is 10.4 Å². The van der Waals surface area contributed by atoms with E-state index in [1.165, 1.54) is 25.3 Å². The Morgan fingerprint density at radius 3 is 2.64 bits per heavy atom. The molecule has 2 heterocycles. The minimum atomic E-state index is 0.473. The molecule has 80 valence electrons. The van der Waals surface area contributed by atoms with Gasteiger partial charge in [-0.3, -0.25) is 4.99 Å². The highest BCUT2D eigenvalue weighted by molar-refractivity contribution is 5.80. The molecule has 0 amide bonds. The topological polar surface area (TPSA) is 18.8 Å². The van der Waals surface area contributed by atoms with E-state index in [1.807, 2.05) is 0 Å². The zero-order valence-corrected chi connectivity index (χ0v) is 9.58. The van der Waals surface area contributed by atoms with Crippen molar-refractivity contribution in [2.75, 3.05) is 33.2 Å². The Morgan fingerprint density at radius 1 is 1.29 bits per heavy atom. The standard InChI is InChI=1S/C11H21N3/c1-11(2)5-8-14(9-11)10-12-6-4-7-13(10)3/h4-9H2,1-3H3. The Hall–Kier alpha value is -0.730. The van der Waals surface area contributed by atoms with Crippen LogP contribution in [0.5, 0.6) is 0 Å². The van der Waals surface area contributed by atoms with Gasteiger partial charge in [-0.15, -0.1) is 0 Å². The second-order valence-electron chi connectivity index (χ2n) is 5.29. The van der Waals surface area contributed by atoms with Gasteiger partial charge in [0.05, 0.1) is 0 Å². The number of likely N-dealkylation sites (tertiary alicyclic amines) is 1. The van der Waals surface area contributed by atoms with Gasteiger partial charge in [0.1, 0.15) is 0 Å². The van der Waals surface area contributed by atoms with Gasteiger partial charge in [0.15, 0.2) is 5.96 Å². The molecular formula is C11H21N3. The first-order valence-corrected chi connectivity index (χ1v) is 5.59. The van der Waals surface area contributed by atoms with Crippen LogP contribution in [0.2, 0.25) is 0 Å². The molecule has 0 atom stereocenters. The maximum atomic E-state index is 4.63. The van der Waals surface area contributed by atoms with Gasteiger partial charge in [-0.1, -0.05) is 13.8 Å². The summed E-state index contributed by atoms with van der Waals surface area (Å²) in [7, 11) is 2.16. The van der Waals surface area contributed by atoms with Crippen LogP contribution < -0.4 is 0 Å². The molecule has 2 aliphatic heterocycles. The van der Waals surface area contributed by atoms with Crippen molar-refractivity contribution in [3.8, 4) is 0 Å². The predicted octanol–water partition coefficient (Wildman–Crippen LogP) is 1.41. The Balaban J connectivity index is 2.05. The SMILES string of the molecule is CN1CCCN=C1N1CCC(C)(C)C1. The van der Waals surface area contributed by atoms with Crippen LogP contribution in [0, 0.1) is 5.41 Å². The summed E-state index contributed by atoms with van der Waals surface area (Å²) in [5.74, 6) is 1.22. The van der Waals surface area contributed by atoms with E-state index in [2.05, 4.69) is 35.7 Å². The Bertz CT molecular complexity index is 245. The van der Waals surface area contributed by atoms with Crippen LogP contribution in [0.15, 0.2) is 4.99 Å². The molecule has 0 aromatic rings. The summed E-state index contributed by atoms with van der Waals surface area (Å²) >= 11 is 0. The summed E-state index contributed by atoms with van der Waals surface area (Å²) in [6.07, 6.45) is 2.50. The lowest BCUT2D eigenvalue weighted by atomic mass is 9.93. The summed E-state index contributed by atoms with van der Waals surface area (Å²) in [6, 6.07) is 0. The van der Waals surface area contributed by atoms with Crippen molar-refractivity contribution in [1.82, 2.24) is 9.80 Å². The molecule has 0 saturated carbocycles. The van der Waals surface area contributed by atoms with E-state index in [4.69, 9.17) is 0 Å². The van der Waals surface area contributed by atoms with Crippen LogP contribution in [-0.4, -0.2) is 49.0 Å². The number of guanidine groups is 1. The number of aliphatic imine (C=N–C) groups is 1. The first-order valence-electron chi connectivity index (χ1n) is 5.59. The first-order chi connectivity index (χ1) is 6.58. The molecular weight excluding hydrogens is 174 g/mol. The normalized spacial score (nSPS) is 26.6. The van der Waals surface area contributed by atoms with Crippen LogP contribution >= 0.6 is 0 Å². The van der Waals surface area contributed by atoms with E-state index in [0.29, 0.717) is 5.41 Å². The molecule has 0 aromatic carbocycles. The molecule has 3 nitrogen and oxygen atoms in total. The minimum absolute atomic E-state index is 0.473. The van der Waals surface area contributed by atoms with E-state index in [9.17, 15) is 0 Å². The van der Waals surface area contributed by atoms with Gasteiger partial charge in [0.25, 0.3) is 0 Å². The lowest BCUT2D eigenvalue weighted by Crippen LogP contribution is -2.44. The number of nitrogens with zero attached hydrogens (tertiary/aromatic N) is 3. The number of hydrogen-bond acceptors (Lipinski definition) is 3. The first kappa shape index (κ1) is 9.81. The molecule has 0 spiro atoms. The van der Waals surface area contributed by atoms with E-state index in [-0.39, 0.29) is 0 Å². The van der Waals surface area contributed by atoms with Crippen LogP contribution in [-0.2, 0) is 0 Å². The molecule has 1 saturated heterocycles. The third kappa shape index (κ3) is 1.86. The van der Waals surface area contributed by atoms with Crippen LogP contribution in [0.3, 0.4) is 0 Å². The monoisotopic (exact) mass is 195 g/mol. The largest absolute Gasteiger partial charge is 0.346 e. The summed E-state index contributed by atoms with van der Waals surface area (Å²) < 4.78 is 0. The van der Waals surface area contributed by atoms with Gasteiger partial charge in [0, 0.05) is 33.2 Å². The summed E-state index contributed by atoms with van der Waals surface area (Å²) in [5.41, 5.74) is 0.473. The fraction of sp³-hybridized carbons (Fsp3) is 0.909. The highest BCUT2D eigenvalue weighted by Crippen LogP contribution is 2.29. The minimum Gasteiger partial charge on any atom is -0.346 e. The molecule has 0 N–H and O–H groups in total. The van der Waals surface area contributed by atoms with Crippen molar-refractivity contribution < 1.29 is 0 Å². The molecule has 1 fully saturated rings. The predicted molar refractivity (Wildman–Crippen MR) is 59.5 cm³/mol. The van der Waals surface area contributed by atoms with Crippen molar-refractivity contribution in [3.63, 3.8) is 0 Å². The summed E-state index contributed by atoms with van der Waals surface area (Å²) in [6.45, 7) is 9.20. The Labute approximate surface area is 86.8 Å². The lowest BCUT2D eigenvalue weighted by Gasteiger charge is -2.32. The summed E-state index contributed by atoms with van der Waals surface area (Å²) in [4.78, 5) is 9.37. The highest BCUT2D eigenvalue weighted by atomic mass is 15.4. The van der Waals surface area contributed by atoms with E-state index in [0.717, 1.165) is 19.6 Å². The van der Waals surface area contributed by atoms with Gasteiger partial charge < -0.3 is 9.80 Å². The molecule has 14 heavy (non-hydrogen) atoms. The van der Waals surface area contributed by atoms with Crippen molar-refractivity contribution in [2.45, 2.75) is 26.7 Å². The fourth-order valence-electron chi connectivity index (χ4n) is 2.33. The van der Waals surface area contributed by atoms with Gasteiger partial charge in [0.2, 0.25) is 0 Å².